The van der Waals surface area contributed by atoms with Gasteiger partial charge in [0.2, 0.25) is 11.8 Å². The number of hydrazine groups is 1. The number of nitrogens with one attached hydrogen (secondary N) is 1. The quantitative estimate of drug-likeness (QED) is 0.893. The van der Waals surface area contributed by atoms with E-state index in [1.807, 2.05) is 23.1 Å². The number of likely N-dealkylation sites (tertiary alicyclic amines) is 1. The number of amides is 2. The molecule has 5 nitrogen and oxygen atoms in total. The first kappa shape index (κ1) is 17.9. The van der Waals surface area contributed by atoms with Crippen molar-refractivity contribution in [1.29, 1.82) is 0 Å². The number of hydrogen-bond acceptors (Lipinski definition) is 3. The number of benzene rings is 1. The standard InChI is InChI=1S/C20H29N3O2/c24-19(10-9-17-7-3-1-4-8-17)22-15-11-18(12-16-22)20(25)21-23-13-5-2-6-14-23/h1,3-4,7-8,18H,2,5-6,9-16H2,(H,21,25). The molecule has 1 aromatic rings. The smallest absolute Gasteiger partial charge is 0.237 e. The average molecular weight is 343 g/mol. The van der Waals surface area contributed by atoms with Crippen molar-refractivity contribution in [3.63, 3.8) is 0 Å². The van der Waals surface area contributed by atoms with Gasteiger partial charge in [0.25, 0.3) is 0 Å². The lowest BCUT2D eigenvalue weighted by atomic mass is 9.95. The summed E-state index contributed by atoms with van der Waals surface area (Å²) in [7, 11) is 0. The summed E-state index contributed by atoms with van der Waals surface area (Å²) in [5, 5.41) is 2.06. The van der Waals surface area contributed by atoms with E-state index in [4.69, 9.17) is 0 Å². The molecule has 0 radical (unpaired) electrons. The molecular weight excluding hydrogens is 314 g/mol. The number of rotatable bonds is 5. The van der Waals surface area contributed by atoms with E-state index in [1.165, 1.54) is 12.0 Å². The molecule has 0 unspecified atom stereocenters. The van der Waals surface area contributed by atoms with Crippen molar-refractivity contribution in [2.45, 2.75) is 44.9 Å². The third-order valence-corrected chi connectivity index (χ3v) is 5.31. The van der Waals surface area contributed by atoms with Crippen molar-refractivity contribution in [3.05, 3.63) is 35.9 Å². The van der Waals surface area contributed by atoms with Crippen LogP contribution in [0.2, 0.25) is 0 Å². The van der Waals surface area contributed by atoms with Crippen LogP contribution in [0.25, 0.3) is 0 Å². The van der Waals surface area contributed by atoms with Crippen LogP contribution in [0.3, 0.4) is 0 Å². The minimum Gasteiger partial charge on any atom is -0.343 e. The number of nitrogens with zero attached hydrogens (tertiary/aromatic N) is 2. The topological polar surface area (TPSA) is 52.7 Å². The summed E-state index contributed by atoms with van der Waals surface area (Å²) in [6.45, 7) is 3.32. The summed E-state index contributed by atoms with van der Waals surface area (Å²) in [5.41, 5.74) is 4.27. The van der Waals surface area contributed by atoms with E-state index in [-0.39, 0.29) is 17.7 Å². The summed E-state index contributed by atoms with van der Waals surface area (Å²) in [4.78, 5) is 26.7. The van der Waals surface area contributed by atoms with Gasteiger partial charge in [-0.3, -0.25) is 15.0 Å². The van der Waals surface area contributed by atoms with Gasteiger partial charge >= 0.3 is 0 Å². The lowest BCUT2D eigenvalue weighted by molar-refractivity contribution is -0.137. The number of aryl methyl sites for hydroxylation is 1. The van der Waals surface area contributed by atoms with Crippen molar-refractivity contribution in [1.82, 2.24) is 15.3 Å². The Morgan fingerprint density at radius 1 is 0.960 bits per heavy atom. The molecule has 0 spiro atoms. The van der Waals surface area contributed by atoms with E-state index in [2.05, 4.69) is 22.6 Å². The first-order chi connectivity index (χ1) is 12.2. The number of hydrogen-bond donors (Lipinski definition) is 1. The molecule has 2 heterocycles. The summed E-state index contributed by atoms with van der Waals surface area (Å²) in [6, 6.07) is 10.1. The maximum Gasteiger partial charge on any atom is 0.237 e. The molecule has 3 rings (SSSR count). The second-order valence-electron chi connectivity index (χ2n) is 7.16. The van der Waals surface area contributed by atoms with Gasteiger partial charge in [0.15, 0.2) is 0 Å². The van der Waals surface area contributed by atoms with Crippen molar-refractivity contribution < 1.29 is 9.59 Å². The highest BCUT2D eigenvalue weighted by Gasteiger charge is 2.28. The molecule has 0 saturated carbocycles. The SMILES string of the molecule is O=C(NN1CCCCC1)C1CCN(C(=O)CCc2ccccc2)CC1. The molecule has 5 heteroatoms. The maximum atomic E-state index is 12.4. The minimum absolute atomic E-state index is 0.0418. The Hall–Kier alpha value is -1.88. The fraction of sp³-hybridized carbons (Fsp3) is 0.600. The van der Waals surface area contributed by atoms with E-state index in [1.54, 1.807) is 0 Å². The lowest BCUT2D eigenvalue weighted by Crippen LogP contribution is -2.49. The van der Waals surface area contributed by atoms with Gasteiger partial charge in [-0.25, -0.2) is 5.01 Å². The van der Waals surface area contributed by atoms with E-state index in [0.29, 0.717) is 19.5 Å². The van der Waals surface area contributed by atoms with Gasteiger partial charge in [-0.15, -0.1) is 0 Å². The van der Waals surface area contributed by atoms with E-state index >= 15 is 0 Å². The predicted octanol–water partition coefficient (Wildman–Crippen LogP) is 2.37. The Kier molecular flexibility index (Phi) is 6.45. The first-order valence-corrected chi connectivity index (χ1v) is 9.59. The highest BCUT2D eigenvalue weighted by molar-refractivity contribution is 5.79. The molecule has 1 aromatic carbocycles. The largest absolute Gasteiger partial charge is 0.343 e. The zero-order valence-electron chi connectivity index (χ0n) is 15.0. The molecule has 2 fully saturated rings. The van der Waals surface area contributed by atoms with Gasteiger partial charge in [-0.05, 0) is 37.7 Å². The van der Waals surface area contributed by atoms with Gasteiger partial charge in [0.05, 0.1) is 0 Å². The monoisotopic (exact) mass is 343 g/mol. The lowest BCUT2D eigenvalue weighted by Gasteiger charge is -2.33. The van der Waals surface area contributed by atoms with Gasteiger partial charge in [0.1, 0.15) is 0 Å². The van der Waals surface area contributed by atoms with E-state index in [9.17, 15) is 9.59 Å². The zero-order chi connectivity index (χ0) is 17.5. The fourth-order valence-corrected chi connectivity index (χ4v) is 3.70. The third-order valence-electron chi connectivity index (χ3n) is 5.31. The summed E-state index contributed by atoms with van der Waals surface area (Å²) in [6.07, 6.45) is 6.47. The molecule has 2 aliphatic rings. The number of piperidine rings is 2. The Balaban J connectivity index is 1.38. The molecule has 2 aliphatic heterocycles. The predicted molar refractivity (Wildman–Crippen MR) is 97.6 cm³/mol. The highest BCUT2D eigenvalue weighted by Crippen LogP contribution is 2.19. The fourth-order valence-electron chi connectivity index (χ4n) is 3.70. The average Bonchev–Trinajstić information content (AvgIpc) is 2.68. The van der Waals surface area contributed by atoms with E-state index in [0.717, 1.165) is 45.2 Å². The van der Waals surface area contributed by atoms with Crippen molar-refractivity contribution in [2.24, 2.45) is 5.92 Å². The summed E-state index contributed by atoms with van der Waals surface area (Å²) < 4.78 is 0. The number of carbonyl (C=O) groups is 2. The molecule has 2 saturated heterocycles. The molecule has 136 valence electrons. The Bertz CT molecular complexity index is 562. The molecule has 0 bridgehead atoms. The van der Waals surface area contributed by atoms with E-state index < -0.39 is 0 Å². The van der Waals surface area contributed by atoms with Crippen LogP contribution < -0.4 is 5.43 Å². The molecule has 1 N–H and O–H groups in total. The molecule has 2 amide bonds. The van der Waals surface area contributed by atoms with Crippen molar-refractivity contribution in [2.75, 3.05) is 26.2 Å². The number of carbonyl (C=O) groups excluding carboxylic acids is 2. The van der Waals surface area contributed by atoms with Crippen LogP contribution in [0.4, 0.5) is 0 Å². The van der Waals surface area contributed by atoms with Crippen molar-refractivity contribution in [3.8, 4) is 0 Å². The van der Waals surface area contributed by atoms with Crippen LogP contribution in [-0.2, 0) is 16.0 Å². The maximum absolute atomic E-state index is 12.4. The molecule has 0 atom stereocenters. The first-order valence-electron chi connectivity index (χ1n) is 9.59. The summed E-state index contributed by atoms with van der Waals surface area (Å²) in [5.74, 6) is 0.386. The van der Waals surface area contributed by atoms with Crippen LogP contribution in [-0.4, -0.2) is 47.9 Å². The van der Waals surface area contributed by atoms with Crippen LogP contribution in [0.1, 0.15) is 44.1 Å². The molecular formula is C20H29N3O2. The van der Waals surface area contributed by atoms with Crippen LogP contribution in [0.15, 0.2) is 30.3 Å². The Labute approximate surface area is 150 Å². The van der Waals surface area contributed by atoms with Crippen LogP contribution in [0, 0.1) is 5.92 Å². The molecule has 0 aliphatic carbocycles. The summed E-state index contributed by atoms with van der Waals surface area (Å²) >= 11 is 0. The second-order valence-corrected chi connectivity index (χ2v) is 7.16. The van der Waals surface area contributed by atoms with Gasteiger partial charge < -0.3 is 4.90 Å². The molecule has 0 aromatic heterocycles. The van der Waals surface area contributed by atoms with Crippen LogP contribution >= 0.6 is 0 Å². The highest BCUT2D eigenvalue weighted by atomic mass is 16.2. The van der Waals surface area contributed by atoms with Gasteiger partial charge in [0, 0.05) is 38.5 Å². The van der Waals surface area contributed by atoms with Crippen molar-refractivity contribution >= 4 is 11.8 Å². The van der Waals surface area contributed by atoms with Gasteiger partial charge in [-0.2, -0.15) is 0 Å². The minimum atomic E-state index is 0.0418. The Morgan fingerprint density at radius 2 is 1.64 bits per heavy atom. The normalized spacial score (nSPS) is 19.6. The molecule has 25 heavy (non-hydrogen) atoms. The second kappa shape index (κ2) is 8.99. The van der Waals surface area contributed by atoms with Gasteiger partial charge in [-0.1, -0.05) is 36.8 Å². The third kappa shape index (κ3) is 5.30. The Morgan fingerprint density at radius 3 is 2.32 bits per heavy atom. The zero-order valence-corrected chi connectivity index (χ0v) is 15.0. The van der Waals surface area contributed by atoms with Crippen LogP contribution in [0.5, 0.6) is 0 Å².